The van der Waals surface area contributed by atoms with Gasteiger partial charge in [-0.2, -0.15) is 0 Å². The number of hydrogen-bond acceptors (Lipinski definition) is 2. The van der Waals surface area contributed by atoms with E-state index in [1.54, 1.807) is 0 Å². The van der Waals surface area contributed by atoms with Gasteiger partial charge < -0.3 is 10.6 Å². The molecule has 0 bridgehead atoms. The Labute approximate surface area is 107 Å². The van der Waals surface area contributed by atoms with Crippen molar-refractivity contribution in [1.29, 1.82) is 0 Å². The zero-order valence-electron chi connectivity index (χ0n) is 11.8. The Morgan fingerprint density at radius 3 is 1.88 bits per heavy atom. The largest absolute Gasteiger partial charge is 0.301 e. The smallest absolute Gasteiger partial charge is 0.0601 e. The summed E-state index contributed by atoms with van der Waals surface area (Å²) in [7, 11) is 0. The van der Waals surface area contributed by atoms with E-state index in [2.05, 4.69) is 31.4 Å². The third-order valence-corrected chi connectivity index (χ3v) is 4.94. The summed E-state index contributed by atoms with van der Waals surface area (Å²) >= 11 is 0. The lowest BCUT2D eigenvalue weighted by Crippen LogP contribution is -2.56. The standard InChI is InChI=1S/C15H30N2/c1-4-12-6-13(5-2)8-14(7-12)15-16-9-11(3)10-17-15/h11-17H,4-10H2,1-3H3. The molecule has 1 saturated carbocycles. The molecule has 2 nitrogen and oxygen atoms in total. The van der Waals surface area contributed by atoms with Crippen LogP contribution in [0.15, 0.2) is 0 Å². The maximum absolute atomic E-state index is 3.72. The lowest BCUT2D eigenvalue weighted by molar-refractivity contribution is 0.120. The molecule has 100 valence electrons. The van der Waals surface area contributed by atoms with Crippen LogP contribution in [0.4, 0.5) is 0 Å². The van der Waals surface area contributed by atoms with E-state index in [1.807, 2.05) is 0 Å². The van der Waals surface area contributed by atoms with Crippen molar-refractivity contribution in [1.82, 2.24) is 10.6 Å². The van der Waals surface area contributed by atoms with Crippen molar-refractivity contribution in [2.45, 2.75) is 59.0 Å². The van der Waals surface area contributed by atoms with Crippen LogP contribution in [0.25, 0.3) is 0 Å². The highest BCUT2D eigenvalue weighted by atomic mass is 15.2. The van der Waals surface area contributed by atoms with Crippen molar-refractivity contribution in [2.75, 3.05) is 13.1 Å². The van der Waals surface area contributed by atoms with Gasteiger partial charge in [0.1, 0.15) is 0 Å². The molecule has 2 rings (SSSR count). The first-order valence-electron chi connectivity index (χ1n) is 7.69. The van der Waals surface area contributed by atoms with Crippen LogP contribution < -0.4 is 10.6 Å². The van der Waals surface area contributed by atoms with Crippen molar-refractivity contribution < 1.29 is 0 Å². The predicted molar refractivity (Wildman–Crippen MR) is 73.9 cm³/mol. The second-order valence-corrected chi connectivity index (χ2v) is 6.42. The Morgan fingerprint density at radius 1 is 0.882 bits per heavy atom. The number of hydrogen-bond donors (Lipinski definition) is 2. The van der Waals surface area contributed by atoms with Crippen LogP contribution in [0, 0.1) is 23.7 Å². The van der Waals surface area contributed by atoms with Crippen LogP contribution >= 0.6 is 0 Å². The molecule has 0 aromatic rings. The van der Waals surface area contributed by atoms with E-state index in [0.717, 1.165) is 23.7 Å². The molecule has 2 fully saturated rings. The molecule has 2 heteroatoms. The highest BCUT2D eigenvalue weighted by Gasteiger charge is 2.33. The fourth-order valence-electron chi connectivity index (χ4n) is 3.69. The van der Waals surface area contributed by atoms with Crippen molar-refractivity contribution in [3.05, 3.63) is 0 Å². The van der Waals surface area contributed by atoms with E-state index >= 15 is 0 Å². The first-order valence-corrected chi connectivity index (χ1v) is 7.69. The Balaban J connectivity index is 1.90. The van der Waals surface area contributed by atoms with Gasteiger partial charge in [0.15, 0.2) is 0 Å². The minimum absolute atomic E-state index is 0.592. The van der Waals surface area contributed by atoms with Crippen LogP contribution in [0.3, 0.4) is 0 Å². The summed E-state index contributed by atoms with van der Waals surface area (Å²) in [5.74, 6) is 3.60. The van der Waals surface area contributed by atoms with Crippen molar-refractivity contribution in [3.8, 4) is 0 Å². The second-order valence-electron chi connectivity index (χ2n) is 6.42. The minimum Gasteiger partial charge on any atom is -0.301 e. The zero-order valence-corrected chi connectivity index (χ0v) is 11.8. The molecule has 1 saturated heterocycles. The van der Waals surface area contributed by atoms with Crippen molar-refractivity contribution in [2.24, 2.45) is 23.7 Å². The number of nitrogens with one attached hydrogen (secondary N) is 2. The molecule has 0 spiro atoms. The Morgan fingerprint density at radius 2 is 1.41 bits per heavy atom. The molecule has 17 heavy (non-hydrogen) atoms. The summed E-state index contributed by atoms with van der Waals surface area (Å²) < 4.78 is 0. The lowest BCUT2D eigenvalue weighted by atomic mass is 9.72. The molecule has 0 aromatic heterocycles. The van der Waals surface area contributed by atoms with Crippen LogP contribution in [0.2, 0.25) is 0 Å². The number of rotatable bonds is 3. The summed E-state index contributed by atoms with van der Waals surface area (Å²) in [6.07, 6.45) is 7.69. The predicted octanol–water partition coefficient (Wildman–Crippen LogP) is 2.99. The van der Waals surface area contributed by atoms with Gasteiger partial charge in [0.25, 0.3) is 0 Å². The molecule has 2 atom stereocenters. The minimum atomic E-state index is 0.592. The van der Waals surface area contributed by atoms with Crippen molar-refractivity contribution >= 4 is 0 Å². The Hall–Kier alpha value is -0.0800. The third kappa shape index (κ3) is 3.45. The van der Waals surface area contributed by atoms with Gasteiger partial charge in [-0.1, -0.05) is 33.6 Å². The highest BCUT2D eigenvalue weighted by molar-refractivity contribution is 4.87. The molecule has 2 N–H and O–H groups in total. The van der Waals surface area contributed by atoms with E-state index in [0.29, 0.717) is 6.17 Å². The molecular weight excluding hydrogens is 208 g/mol. The fourth-order valence-corrected chi connectivity index (χ4v) is 3.69. The second kappa shape index (κ2) is 6.19. The first-order chi connectivity index (χ1) is 8.22. The molecule has 1 aliphatic heterocycles. The van der Waals surface area contributed by atoms with Gasteiger partial charge in [0, 0.05) is 13.1 Å². The maximum atomic E-state index is 3.72. The van der Waals surface area contributed by atoms with Gasteiger partial charge in [-0.25, -0.2) is 0 Å². The Bertz CT molecular complexity index is 209. The van der Waals surface area contributed by atoms with E-state index in [9.17, 15) is 0 Å². The zero-order chi connectivity index (χ0) is 12.3. The van der Waals surface area contributed by atoms with E-state index < -0.39 is 0 Å². The van der Waals surface area contributed by atoms with Gasteiger partial charge in [-0.05, 0) is 42.9 Å². The summed E-state index contributed by atoms with van der Waals surface area (Å²) in [5, 5.41) is 7.43. The summed E-state index contributed by atoms with van der Waals surface area (Å²) in [5.41, 5.74) is 0. The third-order valence-electron chi connectivity index (χ3n) is 4.94. The maximum Gasteiger partial charge on any atom is 0.0601 e. The van der Waals surface area contributed by atoms with Gasteiger partial charge in [-0.3, -0.25) is 0 Å². The van der Waals surface area contributed by atoms with Crippen molar-refractivity contribution in [3.63, 3.8) is 0 Å². The average molecular weight is 238 g/mol. The van der Waals surface area contributed by atoms with E-state index in [1.165, 1.54) is 45.2 Å². The molecular formula is C15H30N2. The monoisotopic (exact) mass is 238 g/mol. The van der Waals surface area contributed by atoms with Gasteiger partial charge in [0.2, 0.25) is 0 Å². The topological polar surface area (TPSA) is 24.1 Å². The molecule has 2 aliphatic rings. The van der Waals surface area contributed by atoms with Crippen LogP contribution in [0.1, 0.15) is 52.9 Å². The lowest BCUT2D eigenvalue weighted by Gasteiger charge is -2.41. The van der Waals surface area contributed by atoms with Crippen LogP contribution in [0.5, 0.6) is 0 Å². The molecule has 1 heterocycles. The molecule has 2 unspecified atom stereocenters. The fraction of sp³-hybridized carbons (Fsp3) is 1.00. The normalized spacial score (nSPS) is 43.6. The van der Waals surface area contributed by atoms with Crippen LogP contribution in [-0.4, -0.2) is 19.3 Å². The highest BCUT2D eigenvalue weighted by Crippen LogP contribution is 2.38. The van der Waals surface area contributed by atoms with Gasteiger partial charge in [0.05, 0.1) is 6.17 Å². The molecule has 0 aromatic carbocycles. The van der Waals surface area contributed by atoms with Gasteiger partial charge >= 0.3 is 0 Å². The SMILES string of the molecule is CCC1CC(CC)CC(C2NCC(C)CN2)C1. The van der Waals surface area contributed by atoms with E-state index in [-0.39, 0.29) is 0 Å². The summed E-state index contributed by atoms with van der Waals surface area (Å²) in [4.78, 5) is 0. The first kappa shape index (κ1) is 13.4. The van der Waals surface area contributed by atoms with E-state index in [4.69, 9.17) is 0 Å². The van der Waals surface area contributed by atoms with Crippen LogP contribution in [-0.2, 0) is 0 Å². The summed E-state index contributed by atoms with van der Waals surface area (Å²) in [6.45, 7) is 9.44. The molecule has 1 aliphatic carbocycles. The molecule has 0 radical (unpaired) electrons. The molecule has 0 amide bonds. The average Bonchev–Trinajstić information content (AvgIpc) is 2.39. The summed E-state index contributed by atoms with van der Waals surface area (Å²) in [6, 6.07) is 0. The van der Waals surface area contributed by atoms with Gasteiger partial charge in [-0.15, -0.1) is 0 Å². The Kier molecular flexibility index (Phi) is 4.87. The quantitative estimate of drug-likeness (QED) is 0.790.